The van der Waals surface area contributed by atoms with Crippen LogP contribution in [0.1, 0.15) is 218 Å². The first kappa shape index (κ1) is 49.0. The van der Waals surface area contributed by atoms with Gasteiger partial charge < -0.3 is 0 Å². The summed E-state index contributed by atoms with van der Waals surface area (Å²) in [6, 6.07) is 14.5. The maximum Gasteiger partial charge on any atom is 0.0848 e. The van der Waals surface area contributed by atoms with Crippen molar-refractivity contribution in [3.05, 3.63) is 70.8 Å². The molecule has 2 aromatic rings. The van der Waals surface area contributed by atoms with E-state index in [2.05, 4.69) is 90.1 Å². The maximum absolute atomic E-state index is 5.54. The van der Waals surface area contributed by atoms with Crippen LogP contribution in [0.2, 0.25) is 0 Å². The van der Waals surface area contributed by atoms with Crippen LogP contribution in [0, 0.1) is 0 Å². The van der Waals surface area contributed by atoms with Crippen molar-refractivity contribution < 1.29 is 16.5 Å². The van der Waals surface area contributed by atoms with Crippen LogP contribution in [0.4, 0.5) is 11.4 Å². The molecular weight excluding hydrogens is 687 g/mol. The molecule has 2 aromatic carbocycles. The smallest absolute Gasteiger partial charge is 0.0848 e. The summed E-state index contributed by atoms with van der Waals surface area (Å²) in [5, 5.41) is 0. The van der Waals surface area contributed by atoms with Gasteiger partial charge >= 0.3 is 0 Å². The van der Waals surface area contributed by atoms with Crippen LogP contribution in [0.3, 0.4) is 0 Å². The summed E-state index contributed by atoms with van der Waals surface area (Å²) in [4.78, 5) is 11.1. The van der Waals surface area contributed by atoms with Gasteiger partial charge in [0.2, 0.25) is 0 Å². The van der Waals surface area contributed by atoms with Gasteiger partial charge in [-0.3, -0.25) is 4.99 Å². The third-order valence-corrected chi connectivity index (χ3v) is 10.4. The Morgan fingerprint density at radius 2 is 0.774 bits per heavy atom. The average Bonchev–Trinajstić information content (AvgIpc) is 3.14. The Morgan fingerprint density at radius 1 is 0.415 bits per heavy atom. The van der Waals surface area contributed by atoms with Crippen molar-refractivity contribution in [2.24, 2.45) is 9.98 Å². The second-order valence-corrected chi connectivity index (χ2v) is 15.7. The van der Waals surface area contributed by atoms with Gasteiger partial charge in [0.05, 0.1) is 22.8 Å². The normalized spacial score (nSPS) is 12.2. The Labute approximate surface area is 340 Å². The quantitative estimate of drug-likeness (QED) is 0.0402. The number of aliphatic imine (C=N–C) groups is 2. The molecule has 2 nitrogen and oxygen atoms in total. The molecule has 0 amide bonds. The molecule has 0 radical (unpaired) electrons. The van der Waals surface area contributed by atoms with E-state index in [0.717, 1.165) is 74.2 Å². The van der Waals surface area contributed by atoms with E-state index < -0.39 is 0 Å². The van der Waals surface area contributed by atoms with E-state index in [0.29, 0.717) is 0 Å². The molecule has 0 bridgehead atoms. The van der Waals surface area contributed by atoms with E-state index in [-0.39, 0.29) is 16.5 Å². The molecule has 0 heterocycles. The molecule has 302 valence electrons. The Morgan fingerprint density at radius 3 is 1.19 bits per heavy atom. The number of aryl methyl sites for hydroxylation is 4. The summed E-state index contributed by atoms with van der Waals surface area (Å²) >= 11 is 0. The average molecular weight is 770 g/mol. The second-order valence-electron chi connectivity index (χ2n) is 15.7. The molecule has 0 N–H and O–H groups in total. The number of unbranched alkanes of at least 4 members (excludes halogenated alkanes) is 17. The molecular formula is C50H82N2Ni. The van der Waals surface area contributed by atoms with Gasteiger partial charge in [0, 0.05) is 16.5 Å². The fraction of sp³-hybridized carbons (Fsp3) is 0.680. The first-order valence-corrected chi connectivity index (χ1v) is 22.6. The molecule has 0 unspecified atom stereocenters. The molecule has 2 rings (SSSR count). The number of benzene rings is 2. The summed E-state index contributed by atoms with van der Waals surface area (Å²) in [5.41, 5.74) is 10.3. The van der Waals surface area contributed by atoms with E-state index >= 15 is 0 Å². The van der Waals surface area contributed by atoms with Crippen molar-refractivity contribution in [2.45, 2.75) is 221 Å². The van der Waals surface area contributed by atoms with E-state index in [9.17, 15) is 0 Å². The third-order valence-electron chi connectivity index (χ3n) is 10.4. The van der Waals surface area contributed by atoms with Crippen molar-refractivity contribution in [1.82, 2.24) is 0 Å². The van der Waals surface area contributed by atoms with Gasteiger partial charge in [0.15, 0.2) is 0 Å². The molecule has 3 heteroatoms. The van der Waals surface area contributed by atoms with E-state index in [1.165, 1.54) is 151 Å². The molecule has 0 saturated heterocycles. The first-order chi connectivity index (χ1) is 25.6. The zero-order valence-electron chi connectivity index (χ0n) is 35.6. The number of nitrogens with zero attached hydrogens (tertiary/aromatic N) is 2. The van der Waals surface area contributed by atoms with Crippen molar-refractivity contribution in [2.75, 3.05) is 0 Å². The van der Waals surface area contributed by atoms with Crippen LogP contribution in [0.25, 0.3) is 0 Å². The standard InChI is InChI=1S/C50H82N2.Ni/c1-7-13-19-20-21-22-23-24-25-30-36-50(52-48-41-45(33-28-16-10-4)38-46(42-48)34-29-17-11-5)49(35-18-12-6)51-47-39-43(31-26-14-8-2)37-44(40-47)32-27-15-9-3;/h30,36-42H,7-29,31-35H2,1-6H3;/b36-30+,51-49?,52-50?;. The Hall–Kier alpha value is -1.99. The molecule has 0 aliphatic rings. The van der Waals surface area contributed by atoms with Gasteiger partial charge in [-0.1, -0.05) is 162 Å². The predicted molar refractivity (Wildman–Crippen MR) is 236 cm³/mol. The number of rotatable bonds is 32. The van der Waals surface area contributed by atoms with Crippen molar-refractivity contribution in [3.8, 4) is 0 Å². The third kappa shape index (κ3) is 23.5. The number of hydrogen-bond acceptors (Lipinski definition) is 2. The van der Waals surface area contributed by atoms with Crippen LogP contribution >= 0.6 is 0 Å². The van der Waals surface area contributed by atoms with Crippen LogP contribution in [0.15, 0.2) is 58.5 Å². The Balaban J connectivity index is 0.0000140. The van der Waals surface area contributed by atoms with Gasteiger partial charge in [0.25, 0.3) is 0 Å². The minimum atomic E-state index is 0. The van der Waals surface area contributed by atoms with E-state index in [4.69, 9.17) is 9.98 Å². The minimum Gasteiger partial charge on any atom is -0.251 e. The SMILES string of the molecule is CCCCCCCCCC/C=C/C(=Nc1cc(CCCCC)cc(CCCCC)c1)C(CCCC)=Nc1cc(CCCCC)cc(CCCCC)c1.[Ni]. The topological polar surface area (TPSA) is 24.7 Å². The van der Waals surface area contributed by atoms with E-state index in [1.807, 2.05) is 0 Å². The van der Waals surface area contributed by atoms with Gasteiger partial charge in [-0.15, -0.1) is 0 Å². The molecule has 0 aromatic heterocycles. The fourth-order valence-corrected chi connectivity index (χ4v) is 7.18. The molecule has 0 saturated carbocycles. The molecule has 0 fully saturated rings. The monoisotopic (exact) mass is 769 g/mol. The first-order valence-electron chi connectivity index (χ1n) is 22.6. The summed E-state index contributed by atoms with van der Waals surface area (Å²) in [6.45, 7) is 13.8. The van der Waals surface area contributed by atoms with Crippen molar-refractivity contribution in [1.29, 1.82) is 0 Å². The molecule has 0 aliphatic heterocycles. The maximum atomic E-state index is 5.54. The molecule has 0 atom stereocenters. The Bertz CT molecular complexity index is 1220. The van der Waals surface area contributed by atoms with Gasteiger partial charge in [-0.25, -0.2) is 4.99 Å². The van der Waals surface area contributed by atoms with Crippen LogP contribution in [-0.4, -0.2) is 11.4 Å². The van der Waals surface area contributed by atoms with Crippen molar-refractivity contribution >= 4 is 22.8 Å². The molecule has 53 heavy (non-hydrogen) atoms. The molecule has 0 aliphatic carbocycles. The van der Waals surface area contributed by atoms with Crippen LogP contribution in [0.5, 0.6) is 0 Å². The van der Waals surface area contributed by atoms with Crippen molar-refractivity contribution in [3.63, 3.8) is 0 Å². The molecule has 0 spiro atoms. The van der Waals surface area contributed by atoms with Gasteiger partial charge in [0.1, 0.15) is 0 Å². The number of allylic oxidation sites excluding steroid dienone is 2. The summed E-state index contributed by atoms with van der Waals surface area (Å²) in [5.74, 6) is 0. The van der Waals surface area contributed by atoms with Gasteiger partial charge in [-0.05, 0) is 130 Å². The van der Waals surface area contributed by atoms with Crippen LogP contribution < -0.4 is 0 Å². The zero-order chi connectivity index (χ0) is 37.5. The summed E-state index contributed by atoms with van der Waals surface area (Å²) in [7, 11) is 0. The van der Waals surface area contributed by atoms with E-state index in [1.54, 1.807) is 0 Å². The summed E-state index contributed by atoms with van der Waals surface area (Å²) < 4.78 is 0. The fourth-order valence-electron chi connectivity index (χ4n) is 7.18. The largest absolute Gasteiger partial charge is 0.251 e. The number of hydrogen-bond donors (Lipinski definition) is 0. The minimum absolute atomic E-state index is 0. The van der Waals surface area contributed by atoms with Crippen LogP contribution in [-0.2, 0) is 42.2 Å². The van der Waals surface area contributed by atoms with Gasteiger partial charge in [-0.2, -0.15) is 0 Å². The summed E-state index contributed by atoms with van der Waals surface area (Å²) in [6.07, 6.45) is 39.7. The Kier molecular flexibility index (Phi) is 30.9. The zero-order valence-corrected chi connectivity index (χ0v) is 36.6. The predicted octanol–water partition coefficient (Wildman–Crippen LogP) is 16.7. The second kappa shape index (κ2) is 33.4.